The third-order valence-corrected chi connectivity index (χ3v) is 5.80. The largest absolute Gasteiger partial charge is 0.496 e. The molecule has 0 aromatic heterocycles. The summed E-state index contributed by atoms with van der Waals surface area (Å²) in [5.41, 5.74) is 1.26. The molecule has 3 aromatic carbocycles. The molecule has 6 nitrogen and oxygen atoms in total. The lowest BCUT2D eigenvalue weighted by atomic mass is 10.1. The number of amides is 1. The zero-order valence-corrected chi connectivity index (χ0v) is 16.9. The van der Waals surface area contributed by atoms with Gasteiger partial charge in [0.05, 0.1) is 29.3 Å². The highest BCUT2D eigenvalue weighted by molar-refractivity contribution is 7.92. The van der Waals surface area contributed by atoms with Gasteiger partial charge in [0.25, 0.3) is 15.9 Å². The fraction of sp³-hybridized carbons (Fsp3) is 0.136. The van der Waals surface area contributed by atoms with E-state index in [-0.39, 0.29) is 22.2 Å². The van der Waals surface area contributed by atoms with Crippen LogP contribution >= 0.6 is 0 Å². The molecule has 0 bridgehead atoms. The zero-order valence-electron chi connectivity index (χ0n) is 16.1. The first-order chi connectivity index (χ1) is 13.9. The van der Waals surface area contributed by atoms with E-state index < -0.39 is 15.9 Å². The first-order valence-corrected chi connectivity index (χ1v) is 10.5. The number of carbonyl (C=O) groups is 1. The Balaban J connectivity index is 1.84. The van der Waals surface area contributed by atoms with Crippen LogP contribution in [0, 0.1) is 0 Å². The zero-order chi connectivity index (χ0) is 20.9. The molecule has 0 saturated heterocycles. The second-order valence-electron chi connectivity index (χ2n) is 6.40. The normalized spacial score (nSPS) is 12.1. The number of methoxy groups -OCH3 is 1. The second-order valence-corrected chi connectivity index (χ2v) is 8.08. The molecule has 0 fully saturated rings. The van der Waals surface area contributed by atoms with E-state index in [4.69, 9.17) is 4.74 Å². The van der Waals surface area contributed by atoms with Crippen molar-refractivity contribution in [1.29, 1.82) is 0 Å². The highest BCUT2D eigenvalue weighted by Gasteiger charge is 2.20. The molecule has 1 unspecified atom stereocenters. The Morgan fingerprint density at radius 2 is 1.52 bits per heavy atom. The SMILES string of the molecule is COc1ccccc1C(C)NC(=O)c1ccccc1NS(=O)(=O)c1ccccc1. The summed E-state index contributed by atoms with van der Waals surface area (Å²) in [5, 5.41) is 2.90. The van der Waals surface area contributed by atoms with Crippen molar-refractivity contribution in [2.75, 3.05) is 11.8 Å². The van der Waals surface area contributed by atoms with Gasteiger partial charge in [-0.3, -0.25) is 9.52 Å². The first-order valence-electron chi connectivity index (χ1n) is 9.03. The van der Waals surface area contributed by atoms with Gasteiger partial charge in [-0.1, -0.05) is 48.5 Å². The van der Waals surface area contributed by atoms with Crippen LogP contribution in [0.4, 0.5) is 5.69 Å². The Labute approximate surface area is 170 Å². The Bertz CT molecular complexity index is 1100. The van der Waals surface area contributed by atoms with E-state index >= 15 is 0 Å². The maximum Gasteiger partial charge on any atom is 0.261 e. The lowest BCUT2D eigenvalue weighted by molar-refractivity contribution is 0.0940. The Morgan fingerprint density at radius 1 is 0.897 bits per heavy atom. The quantitative estimate of drug-likeness (QED) is 0.617. The fourth-order valence-corrected chi connectivity index (χ4v) is 4.05. The van der Waals surface area contributed by atoms with E-state index in [1.165, 1.54) is 12.1 Å². The van der Waals surface area contributed by atoms with Gasteiger partial charge in [0.1, 0.15) is 5.75 Å². The number of hydrogen-bond acceptors (Lipinski definition) is 4. The Hall–Kier alpha value is -3.32. The molecule has 0 radical (unpaired) electrons. The smallest absolute Gasteiger partial charge is 0.261 e. The maximum atomic E-state index is 12.9. The summed E-state index contributed by atoms with van der Waals surface area (Å²) in [6.45, 7) is 1.84. The predicted octanol–water partition coefficient (Wildman–Crippen LogP) is 3.99. The summed E-state index contributed by atoms with van der Waals surface area (Å²) in [6.07, 6.45) is 0. The van der Waals surface area contributed by atoms with Gasteiger partial charge in [0, 0.05) is 5.56 Å². The number of nitrogens with one attached hydrogen (secondary N) is 2. The van der Waals surface area contributed by atoms with Crippen molar-refractivity contribution in [1.82, 2.24) is 5.32 Å². The number of hydrogen-bond donors (Lipinski definition) is 2. The maximum absolute atomic E-state index is 12.9. The summed E-state index contributed by atoms with van der Waals surface area (Å²) in [7, 11) is -2.24. The number of carbonyl (C=O) groups excluding carboxylic acids is 1. The third kappa shape index (κ3) is 4.75. The van der Waals surface area contributed by atoms with E-state index in [9.17, 15) is 13.2 Å². The van der Waals surface area contributed by atoms with Crippen LogP contribution in [0.3, 0.4) is 0 Å². The van der Waals surface area contributed by atoms with E-state index in [0.29, 0.717) is 5.75 Å². The van der Waals surface area contributed by atoms with Crippen LogP contribution in [-0.2, 0) is 10.0 Å². The lowest BCUT2D eigenvalue weighted by Crippen LogP contribution is -2.28. The molecule has 0 heterocycles. The number of rotatable bonds is 7. The van der Waals surface area contributed by atoms with Crippen LogP contribution in [0.15, 0.2) is 83.8 Å². The van der Waals surface area contributed by atoms with Gasteiger partial charge in [-0.05, 0) is 37.3 Å². The highest BCUT2D eigenvalue weighted by Crippen LogP contribution is 2.26. The van der Waals surface area contributed by atoms with Crippen LogP contribution in [-0.4, -0.2) is 21.4 Å². The van der Waals surface area contributed by atoms with E-state index in [0.717, 1.165) is 5.56 Å². The van der Waals surface area contributed by atoms with Crippen molar-refractivity contribution >= 4 is 21.6 Å². The molecule has 150 valence electrons. The van der Waals surface area contributed by atoms with Crippen LogP contribution in [0.25, 0.3) is 0 Å². The number of sulfonamides is 1. The van der Waals surface area contributed by atoms with Gasteiger partial charge in [-0.15, -0.1) is 0 Å². The average Bonchev–Trinajstić information content (AvgIpc) is 2.74. The van der Waals surface area contributed by atoms with Crippen molar-refractivity contribution in [3.8, 4) is 5.75 Å². The van der Waals surface area contributed by atoms with Gasteiger partial charge < -0.3 is 10.1 Å². The fourth-order valence-electron chi connectivity index (χ4n) is 2.95. The van der Waals surface area contributed by atoms with Crippen LogP contribution in [0.1, 0.15) is 28.9 Å². The summed E-state index contributed by atoms with van der Waals surface area (Å²) >= 11 is 0. The third-order valence-electron chi connectivity index (χ3n) is 4.42. The highest BCUT2D eigenvalue weighted by atomic mass is 32.2. The monoisotopic (exact) mass is 410 g/mol. The van der Waals surface area contributed by atoms with Crippen molar-refractivity contribution in [2.45, 2.75) is 17.9 Å². The molecule has 3 aromatic rings. The standard InChI is InChI=1S/C22H22N2O4S/c1-16(18-12-7-9-15-21(18)28-2)23-22(25)19-13-6-8-14-20(19)24-29(26,27)17-10-4-3-5-11-17/h3-16,24H,1-2H3,(H,23,25). The van der Waals surface area contributed by atoms with Crippen LogP contribution in [0.5, 0.6) is 5.75 Å². The van der Waals surface area contributed by atoms with Gasteiger partial charge in [0.15, 0.2) is 0 Å². The number of benzene rings is 3. The molecule has 3 rings (SSSR count). The van der Waals surface area contributed by atoms with Crippen molar-refractivity contribution in [3.05, 3.63) is 90.0 Å². The minimum Gasteiger partial charge on any atom is -0.496 e. The Morgan fingerprint density at radius 3 is 2.24 bits per heavy atom. The second kappa shape index (κ2) is 8.79. The molecule has 0 saturated carbocycles. The van der Waals surface area contributed by atoms with Gasteiger partial charge in [-0.2, -0.15) is 0 Å². The summed E-state index contributed by atoms with van der Waals surface area (Å²) in [5.74, 6) is 0.271. The van der Waals surface area contributed by atoms with E-state index in [1.807, 2.05) is 31.2 Å². The van der Waals surface area contributed by atoms with Crippen molar-refractivity contribution < 1.29 is 17.9 Å². The van der Waals surface area contributed by atoms with Gasteiger partial charge >= 0.3 is 0 Å². The Kier molecular flexibility index (Phi) is 6.19. The van der Waals surface area contributed by atoms with Crippen LogP contribution in [0.2, 0.25) is 0 Å². The summed E-state index contributed by atoms with van der Waals surface area (Å²) in [4.78, 5) is 13.0. The summed E-state index contributed by atoms with van der Waals surface area (Å²) < 4.78 is 33.1. The molecular weight excluding hydrogens is 388 g/mol. The van der Waals surface area contributed by atoms with Gasteiger partial charge in [0.2, 0.25) is 0 Å². The van der Waals surface area contributed by atoms with E-state index in [2.05, 4.69) is 10.0 Å². The molecule has 0 aliphatic rings. The number of anilines is 1. The first kappa shape index (κ1) is 20.4. The lowest BCUT2D eigenvalue weighted by Gasteiger charge is -2.18. The molecule has 0 spiro atoms. The molecule has 29 heavy (non-hydrogen) atoms. The molecule has 0 aliphatic heterocycles. The number of ether oxygens (including phenoxy) is 1. The molecule has 1 amide bonds. The topological polar surface area (TPSA) is 84.5 Å². The molecule has 7 heteroatoms. The average molecular weight is 410 g/mol. The number of para-hydroxylation sites is 2. The molecular formula is C22H22N2O4S. The predicted molar refractivity (Wildman–Crippen MR) is 113 cm³/mol. The molecule has 0 aliphatic carbocycles. The minimum absolute atomic E-state index is 0.123. The van der Waals surface area contributed by atoms with E-state index in [1.54, 1.807) is 49.6 Å². The summed E-state index contributed by atoms with van der Waals surface area (Å²) in [6, 6.07) is 21.6. The molecule has 2 N–H and O–H groups in total. The van der Waals surface area contributed by atoms with Crippen molar-refractivity contribution in [3.63, 3.8) is 0 Å². The minimum atomic E-state index is -3.81. The van der Waals surface area contributed by atoms with Crippen molar-refractivity contribution in [2.24, 2.45) is 0 Å². The van der Waals surface area contributed by atoms with Gasteiger partial charge in [-0.25, -0.2) is 8.42 Å². The molecule has 1 atom stereocenters. The van der Waals surface area contributed by atoms with Crippen LogP contribution < -0.4 is 14.8 Å².